The molecule has 0 radical (unpaired) electrons. The number of nitrogens with two attached hydrogens (primary N) is 2. The fraction of sp³-hybridized carbons (Fsp3) is 0.506. The highest BCUT2D eigenvalue weighted by Crippen LogP contribution is 2.25. The zero-order chi connectivity index (χ0) is 108. The van der Waals surface area contributed by atoms with Gasteiger partial charge in [-0.25, -0.2) is 0 Å². The van der Waals surface area contributed by atoms with Crippen LogP contribution in [-0.2, 0) is 128 Å². The maximum atomic E-state index is 14.0. The minimum Gasteiger partial charge on any atom is -0.393 e. The third kappa shape index (κ3) is 48.6. The lowest BCUT2D eigenvalue weighted by atomic mass is 9.96. The molecule has 2 aliphatic rings. The second-order valence-corrected chi connectivity index (χ2v) is 33.2. The first kappa shape index (κ1) is 136. The highest BCUT2D eigenvalue weighted by Gasteiger charge is 2.47. The number of ketones is 1. The summed E-state index contributed by atoms with van der Waals surface area (Å²) in [6.07, 6.45) is -0.864. The zero-order valence-corrected chi connectivity index (χ0v) is 88.4. The van der Waals surface area contributed by atoms with E-state index in [0.29, 0.717) is 38.4 Å². The molecule has 0 bridgehead atoms. The van der Waals surface area contributed by atoms with Crippen molar-refractivity contribution in [2.75, 3.05) is 97.9 Å². The van der Waals surface area contributed by atoms with Crippen molar-refractivity contribution in [2.45, 2.75) is 174 Å². The van der Waals surface area contributed by atoms with Gasteiger partial charge >= 0.3 is 0 Å². The molecule has 2 saturated heterocycles. The number of aromatic nitrogens is 1. The molecular formula is C89H138ClN25O27S5. The molecule has 3 aromatic rings. The van der Waals surface area contributed by atoms with Gasteiger partial charge in [0, 0.05) is 47.9 Å². The molecule has 58 heteroatoms. The number of carbonyl (C=O) groups excluding carboxylic acids is 24. The summed E-state index contributed by atoms with van der Waals surface area (Å²) in [5, 5.41) is 78.7. The van der Waals surface area contributed by atoms with Gasteiger partial charge in [0.05, 0.1) is 121 Å². The molecule has 818 valence electrons. The van der Waals surface area contributed by atoms with Gasteiger partial charge in [-0.3, -0.25) is 115 Å². The minimum absolute atomic E-state index is 0. The maximum Gasteiger partial charge on any atom is 0.267 e. The Labute approximate surface area is 885 Å². The SMILES string of the molecule is C=CNC(=O)CNC(=O)C(Cc1ccccc1)NC(=O)C(C)NC(=O)CNC(=O)C(CC(N)=O)NC(=O)CNC(=O)CNC(=O)CNC(=O)CNC(=O)C1C(O)C(O)CN1C(=O)CNC(=O)C(CC(=O)CNC(=O)CNC(=O)C1CCCN1C(=O)CNC(=O)CNC(=O)C(CC(C)C)NC(=O)C(=C)NC(=O)C(Cc1c[nH]c2ccc(Cl)cc12)NC(=O)CNC(=O)/C(=C\C)NC(=O)C(N)C(C)C)C(C)O.CC.CS.S.S.S.S. The molecule has 12 atom stereocenters. The number of carbonyl (C=O) groups is 24. The lowest BCUT2D eigenvalue weighted by Gasteiger charge is -2.26. The smallest absolute Gasteiger partial charge is 0.267 e. The highest BCUT2D eigenvalue weighted by molar-refractivity contribution is 7.79. The largest absolute Gasteiger partial charge is 0.393 e. The van der Waals surface area contributed by atoms with Gasteiger partial charge in [0.15, 0.2) is 5.78 Å². The summed E-state index contributed by atoms with van der Waals surface area (Å²) in [4.78, 5) is 317. The van der Waals surface area contributed by atoms with Gasteiger partial charge < -0.3 is 148 Å². The molecule has 23 amide bonds. The lowest BCUT2D eigenvalue weighted by molar-refractivity contribution is -0.142. The van der Waals surface area contributed by atoms with E-state index in [-0.39, 0.29) is 104 Å². The number of amides is 23. The second kappa shape index (κ2) is 70.4. The second-order valence-electron chi connectivity index (χ2n) is 32.8. The topological polar surface area (TPSA) is 785 Å². The highest BCUT2D eigenvalue weighted by atomic mass is 35.5. The van der Waals surface area contributed by atoms with E-state index in [9.17, 15) is 130 Å². The van der Waals surface area contributed by atoms with Crippen LogP contribution in [-0.4, -0.2) is 336 Å². The number of rotatable bonds is 55. The summed E-state index contributed by atoms with van der Waals surface area (Å²) >= 11 is 9.80. The average molecular weight is 2190 g/mol. The number of fused-ring (bicyclic) bond motifs is 1. The molecule has 0 spiro atoms. The Morgan fingerprint density at radius 1 is 0.517 bits per heavy atom. The van der Waals surface area contributed by atoms with Gasteiger partial charge in [-0.2, -0.15) is 66.6 Å². The van der Waals surface area contributed by atoms with Crippen LogP contribution in [0, 0.1) is 17.8 Å². The number of aliphatic hydroxyl groups is 3. The van der Waals surface area contributed by atoms with E-state index in [1.807, 2.05) is 13.8 Å². The molecule has 28 N–H and O–H groups in total. The first-order valence-electron chi connectivity index (χ1n) is 45.2. The van der Waals surface area contributed by atoms with Crippen LogP contribution in [0.2, 0.25) is 5.02 Å². The number of Topliss-reactive ketones (excluding diaryl/α,β-unsaturated/α-hetero) is 1. The number of benzene rings is 2. The number of hydrogen-bond donors (Lipinski definition) is 27. The number of nitrogens with zero attached hydrogens (tertiary/aromatic N) is 2. The van der Waals surface area contributed by atoms with E-state index in [1.54, 1.807) is 88.7 Å². The van der Waals surface area contributed by atoms with Crippen LogP contribution in [0.1, 0.15) is 106 Å². The fourth-order valence-electron chi connectivity index (χ4n) is 13.5. The van der Waals surface area contributed by atoms with E-state index in [4.69, 9.17) is 23.1 Å². The van der Waals surface area contributed by atoms with Gasteiger partial charge in [-0.05, 0) is 93.7 Å². The van der Waals surface area contributed by atoms with Crippen molar-refractivity contribution < 1.29 is 130 Å². The normalized spacial score (nSPS) is 15.2. The number of aliphatic hydroxyl groups excluding tert-OH is 3. The molecule has 1 aromatic heterocycles. The van der Waals surface area contributed by atoms with Crippen LogP contribution in [0.4, 0.5) is 0 Å². The van der Waals surface area contributed by atoms with Crippen LogP contribution >= 0.6 is 78.2 Å². The quantitative estimate of drug-likeness (QED) is 0.0184. The number of nitrogens with one attached hydrogen (secondary N) is 21. The third-order valence-corrected chi connectivity index (χ3v) is 21.2. The van der Waals surface area contributed by atoms with E-state index in [0.717, 1.165) is 18.0 Å². The first-order chi connectivity index (χ1) is 67.6. The maximum absolute atomic E-state index is 14.0. The van der Waals surface area contributed by atoms with Crippen LogP contribution in [0.5, 0.6) is 0 Å². The Kier molecular flexibility index (Phi) is 64.9. The Morgan fingerprint density at radius 2 is 0.993 bits per heavy atom. The molecule has 12 unspecified atom stereocenters. The number of H-pyrrole nitrogens is 1. The summed E-state index contributed by atoms with van der Waals surface area (Å²) in [6, 6.07) is 2.50. The Hall–Kier alpha value is -13.4. The van der Waals surface area contributed by atoms with Gasteiger partial charge in [-0.15, -0.1) is 0 Å². The molecule has 147 heavy (non-hydrogen) atoms. The van der Waals surface area contributed by atoms with Gasteiger partial charge in [0.2, 0.25) is 124 Å². The van der Waals surface area contributed by atoms with Crippen molar-refractivity contribution in [1.82, 2.24) is 121 Å². The molecule has 0 saturated carbocycles. The van der Waals surface area contributed by atoms with Crippen molar-refractivity contribution in [3.05, 3.63) is 108 Å². The van der Waals surface area contributed by atoms with Crippen LogP contribution in [0.25, 0.3) is 10.9 Å². The molecule has 0 aliphatic carbocycles. The summed E-state index contributed by atoms with van der Waals surface area (Å²) < 4.78 is 0. The Balaban J connectivity index is 0. The summed E-state index contributed by atoms with van der Waals surface area (Å²) in [5.74, 6) is -24.2. The fourth-order valence-corrected chi connectivity index (χ4v) is 13.6. The first-order valence-corrected chi connectivity index (χ1v) is 46.4. The van der Waals surface area contributed by atoms with Crippen molar-refractivity contribution in [2.24, 2.45) is 29.2 Å². The van der Waals surface area contributed by atoms with E-state index in [1.165, 1.54) is 19.9 Å². The van der Waals surface area contributed by atoms with E-state index in [2.05, 4.69) is 137 Å². The number of likely N-dealkylation sites (tertiary alicyclic amines) is 2. The number of aromatic amines is 1. The predicted molar refractivity (Wildman–Crippen MR) is 557 cm³/mol. The predicted octanol–water partition coefficient (Wildman–Crippen LogP) is -9.84. The summed E-state index contributed by atoms with van der Waals surface area (Å²) in [6.45, 7) is 12.0. The Morgan fingerprint density at radius 3 is 1.54 bits per heavy atom. The number of thiol groups is 1. The standard InChI is InChI=1S/C86H120ClN25O27.C2H6.CH4S.4H2S/c1-10-53(108-85(138)73(89)43(5)6)79(132)99-38-70(125)106-57(24-48-28-91-54-20-19-49(87)25-52(48)54)83(136)105-45(8)77(130)109-55(22-42(3)4)80(133)98-33-67(122)96-39-71(126)111-21-15-18-59(111)84(137)101-34-65(120)92-29-50(114)26-51(46(9)113)78(131)103-40-72(127)112-41-60(115)75(128)74(112)86(139)102-35-66(121)94-30-63(118)93-31-64(119)95-36-69(124)107-58(27-61(88)116)82(135)100-37-68(123)104-44(7)76(129)110-56(23-47-16-13-12-14-17-47)81(134)97-32-62(117)90-11-2;2*1-2;;;;/h10-14,16-17,19-20,25,28,42-44,46,51,55-60,73-75,91,113,115,128H,2,8,15,18,21-24,26-27,29-41,89H2,1,3-7,9H3,(H2,88,116)(H,90,117)(H,92,120)(H,93,118)(H,94,121)(H,95,119)(H,96,122)(H,97,134)(H,98,133)(H,99,132)(H,100,135)(H,101,137)(H,102,139)(H,103,131)(H,104,123)(H,105,136)(H,106,125)(H,107,124)(H,108,138)(H,109,130)(H,110,129);1-2H3;2H,1H3;4*1H2/b53-10+;;;;;;. The van der Waals surface area contributed by atoms with Crippen LogP contribution in [0.15, 0.2) is 91.6 Å². The molecule has 2 aromatic carbocycles. The third-order valence-electron chi connectivity index (χ3n) is 21.0. The monoisotopic (exact) mass is 2180 g/mol. The minimum atomic E-state index is -1.95. The number of allylic oxidation sites excluding steroid dienone is 1. The van der Waals surface area contributed by atoms with Crippen molar-refractivity contribution >= 4 is 231 Å². The summed E-state index contributed by atoms with van der Waals surface area (Å²) in [5.41, 5.74) is 12.2. The van der Waals surface area contributed by atoms with Crippen molar-refractivity contribution in [1.29, 1.82) is 0 Å². The van der Waals surface area contributed by atoms with Gasteiger partial charge in [-0.1, -0.05) is 103 Å². The molecule has 2 aliphatic heterocycles. The average Bonchev–Trinajstić information content (AvgIpc) is 1.65. The van der Waals surface area contributed by atoms with Crippen LogP contribution in [0.3, 0.4) is 0 Å². The zero-order valence-electron chi connectivity index (χ0n) is 82.7. The Bertz CT molecular complexity index is 5140. The number of primary amides is 1. The van der Waals surface area contributed by atoms with Crippen LogP contribution < -0.4 is 118 Å². The number of β-amino-alcohol motifs (C(OH)–C–C–N with tert-alkyl or cyclic N) is 1. The lowest BCUT2D eigenvalue weighted by Crippen LogP contribution is -2.56. The number of halogens is 1. The molecule has 5 rings (SSSR count). The van der Waals surface area contributed by atoms with Crippen molar-refractivity contribution in [3.63, 3.8) is 0 Å². The van der Waals surface area contributed by atoms with Crippen molar-refractivity contribution in [3.8, 4) is 0 Å². The molecule has 2 fully saturated rings. The van der Waals surface area contributed by atoms with Gasteiger partial charge in [0.25, 0.3) is 11.8 Å². The van der Waals surface area contributed by atoms with Gasteiger partial charge in [0.1, 0.15) is 54.1 Å². The van der Waals surface area contributed by atoms with E-state index < -0.39 is 318 Å². The summed E-state index contributed by atoms with van der Waals surface area (Å²) in [7, 11) is 0. The molecule has 52 nitrogen and oxygen atoms in total. The van der Waals surface area contributed by atoms with E-state index >= 15 is 0 Å². The molecular weight excluding hydrogens is 2050 g/mol. The number of hydrogen-bond acceptors (Lipinski definition) is 29. The molecule has 3 heterocycles.